The van der Waals surface area contributed by atoms with Gasteiger partial charge in [0.1, 0.15) is 5.82 Å². The Morgan fingerprint density at radius 1 is 0.724 bits per heavy atom. The molecule has 0 aliphatic rings. The monoisotopic (exact) mass is 380 g/mol. The van der Waals surface area contributed by atoms with Crippen LogP contribution in [0.25, 0.3) is 11.3 Å². The maximum atomic E-state index is 11.7. The Kier molecular flexibility index (Phi) is 5.29. The number of nitrogens with one attached hydrogen (secondary N) is 2. The van der Waals surface area contributed by atoms with Crippen molar-refractivity contribution in [2.45, 2.75) is 6.92 Å². The van der Waals surface area contributed by atoms with E-state index < -0.39 is 0 Å². The van der Waals surface area contributed by atoms with Crippen LogP contribution in [-0.4, -0.2) is 15.8 Å². The minimum atomic E-state index is 0.0211. The van der Waals surface area contributed by atoms with Gasteiger partial charge in [0.25, 0.3) is 0 Å². The highest BCUT2D eigenvalue weighted by molar-refractivity contribution is 5.95. The van der Waals surface area contributed by atoms with Crippen molar-refractivity contribution >= 4 is 28.9 Å². The summed E-state index contributed by atoms with van der Waals surface area (Å²) >= 11 is 0. The summed E-state index contributed by atoms with van der Waals surface area (Å²) in [6.07, 6.45) is 0. The van der Waals surface area contributed by atoms with Gasteiger partial charge in [-0.1, -0.05) is 60.7 Å². The van der Waals surface area contributed by atoms with Crippen LogP contribution >= 0.6 is 0 Å². The molecule has 0 bridgehead atoms. The molecule has 0 amide bonds. The summed E-state index contributed by atoms with van der Waals surface area (Å²) in [4.78, 5) is 21.0. The lowest BCUT2D eigenvalue weighted by Crippen LogP contribution is -2.03. The second-order valence-electron chi connectivity index (χ2n) is 6.58. The third-order valence-electron chi connectivity index (χ3n) is 4.37. The van der Waals surface area contributed by atoms with Crippen LogP contribution in [0.2, 0.25) is 0 Å². The normalized spacial score (nSPS) is 10.4. The van der Waals surface area contributed by atoms with E-state index in [2.05, 4.69) is 20.6 Å². The maximum Gasteiger partial charge on any atom is 0.229 e. The molecule has 4 aromatic rings. The summed E-state index contributed by atoms with van der Waals surface area (Å²) in [7, 11) is 0. The van der Waals surface area contributed by atoms with Crippen molar-refractivity contribution in [1.29, 1.82) is 0 Å². The largest absolute Gasteiger partial charge is 0.340 e. The molecule has 5 heteroatoms. The highest BCUT2D eigenvalue weighted by atomic mass is 16.1. The van der Waals surface area contributed by atoms with Gasteiger partial charge in [0.15, 0.2) is 5.78 Å². The van der Waals surface area contributed by atoms with Crippen LogP contribution in [0.3, 0.4) is 0 Å². The number of ketones is 1. The minimum Gasteiger partial charge on any atom is -0.340 e. The predicted molar refractivity (Wildman–Crippen MR) is 117 cm³/mol. The Hall–Kier alpha value is -3.99. The molecule has 1 heterocycles. The lowest BCUT2D eigenvalue weighted by molar-refractivity contribution is 0.101. The van der Waals surface area contributed by atoms with Crippen molar-refractivity contribution in [2.75, 3.05) is 10.6 Å². The molecule has 3 aromatic carbocycles. The van der Waals surface area contributed by atoms with Gasteiger partial charge >= 0.3 is 0 Å². The topological polar surface area (TPSA) is 66.9 Å². The van der Waals surface area contributed by atoms with E-state index in [9.17, 15) is 4.79 Å². The molecule has 0 spiro atoms. The van der Waals surface area contributed by atoms with Gasteiger partial charge in [-0.25, -0.2) is 4.98 Å². The van der Waals surface area contributed by atoms with Crippen molar-refractivity contribution in [3.63, 3.8) is 0 Å². The Morgan fingerprint density at radius 2 is 1.41 bits per heavy atom. The fourth-order valence-electron chi connectivity index (χ4n) is 2.94. The first-order valence-electron chi connectivity index (χ1n) is 9.32. The SMILES string of the molecule is CC(=O)c1cccc(Nc2cc(-c3ccccc3)nc(Nc3ccccc3)n2)c1. The van der Waals surface area contributed by atoms with E-state index in [1.807, 2.05) is 84.9 Å². The number of anilines is 4. The summed E-state index contributed by atoms with van der Waals surface area (Å²) in [5.41, 5.74) is 4.13. The summed E-state index contributed by atoms with van der Waals surface area (Å²) in [6, 6.07) is 29.0. The van der Waals surface area contributed by atoms with Crippen LogP contribution < -0.4 is 10.6 Å². The molecule has 0 fully saturated rings. The van der Waals surface area contributed by atoms with Crippen LogP contribution in [0.5, 0.6) is 0 Å². The number of nitrogens with zero attached hydrogens (tertiary/aromatic N) is 2. The zero-order chi connectivity index (χ0) is 20.1. The number of carbonyl (C=O) groups is 1. The van der Waals surface area contributed by atoms with E-state index in [-0.39, 0.29) is 5.78 Å². The minimum absolute atomic E-state index is 0.0211. The summed E-state index contributed by atoms with van der Waals surface area (Å²) in [6.45, 7) is 1.55. The van der Waals surface area contributed by atoms with E-state index in [1.54, 1.807) is 13.0 Å². The molecule has 5 nitrogen and oxygen atoms in total. The van der Waals surface area contributed by atoms with Crippen molar-refractivity contribution in [2.24, 2.45) is 0 Å². The molecule has 142 valence electrons. The molecule has 29 heavy (non-hydrogen) atoms. The summed E-state index contributed by atoms with van der Waals surface area (Å²) in [5, 5.41) is 6.55. The Balaban J connectivity index is 1.71. The molecular weight excluding hydrogens is 360 g/mol. The van der Waals surface area contributed by atoms with Crippen LogP contribution in [0.15, 0.2) is 91.0 Å². The molecule has 0 saturated heterocycles. The standard InChI is InChI=1S/C24H20N4O/c1-17(29)19-11-8-14-21(15-19)25-23-16-22(18-9-4-2-5-10-18)27-24(28-23)26-20-12-6-3-7-13-20/h2-16H,1H3,(H2,25,26,27,28). The highest BCUT2D eigenvalue weighted by Crippen LogP contribution is 2.25. The lowest BCUT2D eigenvalue weighted by Gasteiger charge is -2.12. The molecule has 2 N–H and O–H groups in total. The average Bonchev–Trinajstić information content (AvgIpc) is 2.75. The Morgan fingerprint density at radius 3 is 2.14 bits per heavy atom. The van der Waals surface area contributed by atoms with Crippen LogP contribution in [0, 0.1) is 0 Å². The molecule has 0 aliphatic carbocycles. The van der Waals surface area contributed by atoms with Gasteiger partial charge in [-0.2, -0.15) is 4.98 Å². The third-order valence-corrected chi connectivity index (χ3v) is 4.37. The predicted octanol–water partition coefficient (Wildman–Crippen LogP) is 5.83. The van der Waals surface area contributed by atoms with Gasteiger partial charge in [-0.3, -0.25) is 4.79 Å². The number of Topliss-reactive ketones (excluding diaryl/α,β-unsaturated/α-hetero) is 1. The molecule has 4 rings (SSSR count). The van der Waals surface area contributed by atoms with Gasteiger partial charge in [-0.05, 0) is 31.2 Å². The zero-order valence-corrected chi connectivity index (χ0v) is 16.0. The molecule has 0 radical (unpaired) electrons. The van der Waals surface area contributed by atoms with Gasteiger partial charge in [0.2, 0.25) is 5.95 Å². The molecule has 0 aliphatic heterocycles. The fraction of sp³-hybridized carbons (Fsp3) is 0.0417. The van der Waals surface area contributed by atoms with E-state index >= 15 is 0 Å². The molecule has 1 aromatic heterocycles. The van der Waals surface area contributed by atoms with Gasteiger partial charge in [0.05, 0.1) is 5.69 Å². The number of hydrogen-bond acceptors (Lipinski definition) is 5. The van der Waals surface area contributed by atoms with Crippen molar-refractivity contribution in [1.82, 2.24) is 9.97 Å². The second-order valence-corrected chi connectivity index (χ2v) is 6.58. The first-order chi connectivity index (χ1) is 14.2. The number of hydrogen-bond donors (Lipinski definition) is 2. The van der Waals surface area contributed by atoms with Crippen molar-refractivity contribution in [3.05, 3.63) is 96.6 Å². The zero-order valence-electron chi connectivity index (χ0n) is 16.0. The van der Waals surface area contributed by atoms with E-state index in [4.69, 9.17) is 0 Å². The number of carbonyl (C=O) groups excluding carboxylic acids is 1. The highest BCUT2D eigenvalue weighted by Gasteiger charge is 2.09. The Bertz CT molecular complexity index is 1130. The van der Waals surface area contributed by atoms with Crippen molar-refractivity contribution < 1.29 is 4.79 Å². The fourth-order valence-corrected chi connectivity index (χ4v) is 2.94. The lowest BCUT2D eigenvalue weighted by atomic mass is 10.1. The molecule has 0 unspecified atom stereocenters. The van der Waals surface area contributed by atoms with Crippen LogP contribution in [0.4, 0.5) is 23.1 Å². The number of rotatable bonds is 6. The maximum absolute atomic E-state index is 11.7. The van der Waals surface area contributed by atoms with Crippen molar-refractivity contribution in [3.8, 4) is 11.3 Å². The first-order valence-corrected chi connectivity index (χ1v) is 9.32. The summed E-state index contributed by atoms with van der Waals surface area (Å²) in [5.74, 6) is 1.15. The Labute approximate surface area is 169 Å². The van der Waals surface area contributed by atoms with Crippen LogP contribution in [0.1, 0.15) is 17.3 Å². The van der Waals surface area contributed by atoms with Crippen LogP contribution in [-0.2, 0) is 0 Å². The van der Waals surface area contributed by atoms with E-state index in [1.165, 1.54) is 0 Å². The third kappa shape index (κ3) is 4.65. The van der Waals surface area contributed by atoms with E-state index in [0.29, 0.717) is 17.3 Å². The van der Waals surface area contributed by atoms with Gasteiger partial charge in [0, 0.05) is 28.6 Å². The van der Waals surface area contributed by atoms with E-state index in [0.717, 1.165) is 22.6 Å². The molecular formula is C24H20N4O. The summed E-state index contributed by atoms with van der Waals surface area (Å²) < 4.78 is 0. The van der Waals surface area contributed by atoms with Gasteiger partial charge < -0.3 is 10.6 Å². The van der Waals surface area contributed by atoms with Gasteiger partial charge in [-0.15, -0.1) is 0 Å². The molecule has 0 atom stereocenters. The average molecular weight is 380 g/mol. The second kappa shape index (κ2) is 8.35. The molecule has 0 saturated carbocycles. The first kappa shape index (κ1) is 18.4. The number of aromatic nitrogens is 2. The number of para-hydroxylation sites is 1. The smallest absolute Gasteiger partial charge is 0.229 e. The quantitative estimate of drug-likeness (QED) is 0.412. The number of benzene rings is 3.